The average molecular weight is 440 g/mol. The van der Waals surface area contributed by atoms with Crippen LogP contribution in [-0.4, -0.2) is 61.5 Å². The fourth-order valence-corrected chi connectivity index (χ4v) is 3.85. The first-order chi connectivity index (χ1) is 13.5. The van der Waals surface area contributed by atoms with Crippen LogP contribution in [0.25, 0.3) is 0 Å². The maximum Gasteiger partial charge on any atom is 0.511 e. The minimum atomic E-state index is -5.32. The van der Waals surface area contributed by atoms with Crippen molar-refractivity contribution in [2.75, 3.05) is 26.2 Å². The van der Waals surface area contributed by atoms with Gasteiger partial charge in [0.25, 0.3) is 0 Å². The smallest absolute Gasteiger partial charge is 0.386 e. The largest absolute Gasteiger partial charge is 0.511 e. The number of halogens is 4. The Balaban J connectivity index is 1.94. The predicted molar refractivity (Wildman–Crippen MR) is 100 cm³/mol. The number of benzene rings is 1. The molecule has 0 aromatic heterocycles. The van der Waals surface area contributed by atoms with E-state index in [1.165, 1.54) is 24.3 Å². The Bertz CT molecular complexity index is 792. The first-order valence-corrected chi connectivity index (χ1v) is 10.5. The highest BCUT2D eigenvalue weighted by Gasteiger charge is 2.50. The zero-order valence-electron chi connectivity index (χ0n) is 15.8. The second-order valence-corrected chi connectivity index (χ2v) is 8.48. The molecule has 12 heteroatoms. The van der Waals surface area contributed by atoms with Gasteiger partial charge < -0.3 is 15.7 Å². The molecule has 2 rings (SSSR count). The second-order valence-electron chi connectivity index (χ2n) is 6.56. The zero-order chi connectivity index (χ0) is 21.7. The molecule has 0 amide bonds. The Morgan fingerprint density at radius 1 is 1.28 bits per heavy atom. The van der Waals surface area contributed by atoms with Gasteiger partial charge in [0.05, 0.1) is 12.6 Å². The molecular formula is C17H24F4N4O3S. The topological polar surface area (TPSA) is 94.0 Å². The van der Waals surface area contributed by atoms with Crippen LogP contribution in [0.1, 0.15) is 31.4 Å². The van der Waals surface area contributed by atoms with Crippen LogP contribution in [0.3, 0.4) is 0 Å². The Labute approximate surface area is 166 Å². The average Bonchev–Trinajstić information content (AvgIpc) is 2.66. The molecule has 1 saturated heterocycles. The van der Waals surface area contributed by atoms with Gasteiger partial charge >= 0.3 is 15.5 Å². The molecule has 1 atom stereocenters. The van der Waals surface area contributed by atoms with Crippen LogP contribution in [0.5, 0.6) is 0 Å². The fraction of sp³-hybridized carbons (Fsp3) is 0.588. The summed E-state index contributed by atoms with van der Waals surface area (Å²) in [6.45, 7) is 1.82. The molecule has 1 aromatic rings. The van der Waals surface area contributed by atoms with Crippen molar-refractivity contribution < 1.29 is 31.1 Å². The van der Waals surface area contributed by atoms with Crippen LogP contribution in [0.15, 0.2) is 29.3 Å². The van der Waals surface area contributed by atoms with Crippen molar-refractivity contribution in [2.24, 2.45) is 4.99 Å². The van der Waals surface area contributed by atoms with E-state index in [9.17, 15) is 31.1 Å². The van der Waals surface area contributed by atoms with Crippen molar-refractivity contribution in [3.63, 3.8) is 0 Å². The van der Waals surface area contributed by atoms with Gasteiger partial charge in [-0.1, -0.05) is 12.1 Å². The van der Waals surface area contributed by atoms with Gasteiger partial charge in [0, 0.05) is 25.7 Å². The van der Waals surface area contributed by atoms with Gasteiger partial charge in [-0.3, -0.25) is 4.99 Å². The number of hydrogen-bond acceptors (Lipinski definition) is 4. The standard InChI is InChI=1S/C17H24F4N4O3S/c1-2-22-16(23-11-15(26)12-3-5-13(18)6-4-12)24-14-7-9-25(10-8-14)29(27,28)17(19,20)21/h3-6,14-15,26H,2,7-11H2,1H3,(H2,22,23,24). The Morgan fingerprint density at radius 3 is 2.38 bits per heavy atom. The van der Waals surface area contributed by atoms with Crippen LogP contribution in [0.4, 0.5) is 17.6 Å². The monoisotopic (exact) mass is 440 g/mol. The van der Waals surface area contributed by atoms with Gasteiger partial charge in [-0.05, 0) is 37.5 Å². The molecule has 1 heterocycles. The minimum absolute atomic E-state index is 0.0116. The molecule has 0 saturated carbocycles. The second kappa shape index (κ2) is 9.72. The van der Waals surface area contributed by atoms with E-state index < -0.39 is 27.5 Å². The molecule has 3 N–H and O–H groups in total. The van der Waals surface area contributed by atoms with Gasteiger partial charge in [-0.25, -0.2) is 12.8 Å². The first kappa shape index (κ1) is 23.4. The van der Waals surface area contributed by atoms with Gasteiger partial charge in [0.2, 0.25) is 0 Å². The number of piperidine rings is 1. The summed E-state index contributed by atoms with van der Waals surface area (Å²) in [7, 11) is -5.32. The molecule has 1 fully saturated rings. The zero-order valence-corrected chi connectivity index (χ0v) is 16.6. The van der Waals surface area contributed by atoms with E-state index in [4.69, 9.17) is 0 Å². The van der Waals surface area contributed by atoms with Crippen LogP contribution in [-0.2, 0) is 10.0 Å². The highest BCUT2D eigenvalue weighted by Crippen LogP contribution is 2.28. The molecule has 0 radical (unpaired) electrons. The number of rotatable bonds is 6. The summed E-state index contributed by atoms with van der Waals surface area (Å²) >= 11 is 0. The summed E-state index contributed by atoms with van der Waals surface area (Å²) in [5, 5.41) is 16.2. The van der Waals surface area contributed by atoms with Crippen molar-refractivity contribution in [3.05, 3.63) is 35.6 Å². The number of sulfonamides is 1. The summed E-state index contributed by atoms with van der Waals surface area (Å²) in [5.41, 5.74) is -4.81. The first-order valence-electron chi connectivity index (χ1n) is 9.09. The summed E-state index contributed by atoms with van der Waals surface area (Å²) in [6.07, 6.45) is -0.592. The summed E-state index contributed by atoms with van der Waals surface area (Å²) < 4.78 is 74.3. The lowest BCUT2D eigenvalue weighted by Crippen LogP contribution is -2.51. The van der Waals surface area contributed by atoms with Crippen molar-refractivity contribution >= 4 is 16.0 Å². The van der Waals surface area contributed by atoms with E-state index in [0.717, 1.165) is 0 Å². The minimum Gasteiger partial charge on any atom is -0.386 e. The van der Waals surface area contributed by atoms with Crippen molar-refractivity contribution in [1.82, 2.24) is 14.9 Å². The number of aliphatic hydroxyl groups excluding tert-OH is 1. The fourth-order valence-electron chi connectivity index (χ4n) is 2.87. The number of aliphatic hydroxyl groups is 1. The number of nitrogens with zero attached hydrogens (tertiary/aromatic N) is 2. The van der Waals surface area contributed by atoms with Gasteiger partial charge in [-0.15, -0.1) is 0 Å². The molecule has 1 aliphatic heterocycles. The molecule has 0 bridgehead atoms. The van der Waals surface area contributed by atoms with E-state index in [0.29, 0.717) is 22.4 Å². The van der Waals surface area contributed by atoms with Gasteiger partial charge in [0.1, 0.15) is 5.82 Å². The van der Waals surface area contributed by atoms with Crippen LogP contribution in [0, 0.1) is 5.82 Å². The van der Waals surface area contributed by atoms with Crippen LogP contribution >= 0.6 is 0 Å². The van der Waals surface area contributed by atoms with E-state index in [1.54, 1.807) is 0 Å². The van der Waals surface area contributed by atoms with E-state index in [2.05, 4.69) is 15.6 Å². The van der Waals surface area contributed by atoms with Gasteiger partial charge in [-0.2, -0.15) is 17.5 Å². The molecule has 1 unspecified atom stereocenters. The number of hydrogen-bond donors (Lipinski definition) is 3. The maximum absolute atomic E-state index is 13.0. The van der Waals surface area contributed by atoms with Crippen LogP contribution in [0.2, 0.25) is 0 Å². The van der Waals surface area contributed by atoms with Crippen molar-refractivity contribution in [1.29, 1.82) is 0 Å². The lowest BCUT2D eigenvalue weighted by molar-refractivity contribution is -0.0494. The molecule has 164 valence electrons. The highest BCUT2D eigenvalue weighted by molar-refractivity contribution is 7.90. The summed E-state index contributed by atoms with van der Waals surface area (Å²) in [4.78, 5) is 4.25. The highest BCUT2D eigenvalue weighted by atomic mass is 32.2. The third kappa shape index (κ3) is 6.28. The number of alkyl halides is 3. The van der Waals surface area contributed by atoms with Crippen molar-refractivity contribution in [2.45, 2.75) is 37.4 Å². The Morgan fingerprint density at radius 2 is 1.86 bits per heavy atom. The molecule has 0 spiro atoms. The molecule has 1 aromatic carbocycles. The Kier molecular flexibility index (Phi) is 7.83. The molecule has 29 heavy (non-hydrogen) atoms. The number of nitrogens with one attached hydrogen (secondary N) is 2. The van der Waals surface area contributed by atoms with E-state index in [1.807, 2.05) is 6.92 Å². The van der Waals surface area contributed by atoms with Gasteiger partial charge in [0.15, 0.2) is 5.96 Å². The summed E-state index contributed by atoms with van der Waals surface area (Å²) in [5.74, 6) is -0.0656. The van der Waals surface area contributed by atoms with Crippen molar-refractivity contribution in [3.8, 4) is 0 Å². The normalized spacial score (nSPS) is 18.5. The summed E-state index contributed by atoms with van der Waals surface area (Å²) in [6, 6.07) is 5.10. The SMILES string of the molecule is CCNC(=NCC(O)c1ccc(F)cc1)NC1CCN(S(=O)(=O)C(F)(F)F)CC1. The Hall–Kier alpha value is -1.92. The third-order valence-electron chi connectivity index (χ3n) is 4.45. The molecule has 0 aliphatic carbocycles. The van der Waals surface area contributed by atoms with E-state index >= 15 is 0 Å². The third-order valence-corrected chi connectivity index (χ3v) is 6.08. The van der Waals surface area contributed by atoms with Crippen LogP contribution < -0.4 is 10.6 Å². The lowest BCUT2D eigenvalue weighted by Gasteiger charge is -2.32. The number of aliphatic imine (C=N–C) groups is 1. The molecular weight excluding hydrogens is 416 g/mol. The predicted octanol–water partition coefficient (Wildman–Crippen LogP) is 1.73. The quantitative estimate of drug-likeness (QED) is 0.356. The molecule has 1 aliphatic rings. The number of guanidine groups is 1. The molecule has 7 nitrogen and oxygen atoms in total. The maximum atomic E-state index is 13.0. The lowest BCUT2D eigenvalue weighted by atomic mass is 10.1. The van der Waals surface area contributed by atoms with E-state index in [-0.39, 0.29) is 38.5 Å².